The summed E-state index contributed by atoms with van der Waals surface area (Å²) >= 11 is 1.20. The number of carbonyl (C=O) groups is 1. The van der Waals surface area contributed by atoms with E-state index in [2.05, 4.69) is 11.1 Å². The lowest BCUT2D eigenvalue weighted by Crippen LogP contribution is -2.40. The van der Waals surface area contributed by atoms with Crippen LogP contribution in [0.2, 0.25) is 0 Å². The van der Waals surface area contributed by atoms with E-state index >= 15 is 0 Å². The summed E-state index contributed by atoms with van der Waals surface area (Å²) < 4.78 is 35.9. The second kappa shape index (κ2) is 14.9. The van der Waals surface area contributed by atoms with Crippen molar-refractivity contribution in [3.05, 3.63) is 108 Å². The summed E-state index contributed by atoms with van der Waals surface area (Å²) in [5, 5.41) is 9.43. The molecule has 0 fully saturated rings. The quantitative estimate of drug-likeness (QED) is 0.198. The Hall–Kier alpha value is -5.54. The molecule has 4 aromatic rings. The number of hydrogen-bond donors (Lipinski definition) is 0. The van der Waals surface area contributed by atoms with Gasteiger partial charge in [-0.1, -0.05) is 35.6 Å². The van der Waals surface area contributed by atoms with E-state index < -0.39 is 12.0 Å². The lowest BCUT2D eigenvalue weighted by molar-refractivity contribution is -0.139. The number of rotatable bonds is 12. The van der Waals surface area contributed by atoms with Gasteiger partial charge in [0.05, 0.1) is 68.0 Å². The highest BCUT2D eigenvalue weighted by atomic mass is 32.1. The van der Waals surface area contributed by atoms with Crippen LogP contribution in [-0.2, 0) is 16.1 Å². The van der Waals surface area contributed by atoms with Crippen LogP contribution in [0.25, 0.3) is 6.08 Å². The Kier molecular flexibility index (Phi) is 10.5. The number of ether oxygens (including phenoxy) is 6. The van der Waals surface area contributed by atoms with Crippen molar-refractivity contribution in [3.8, 4) is 34.8 Å². The number of methoxy groups -OCH3 is 3. The van der Waals surface area contributed by atoms with E-state index in [-0.39, 0.29) is 24.3 Å². The number of carbonyl (C=O) groups excluding carboxylic acids is 1. The molecule has 1 aliphatic rings. The Bertz CT molecular complexity index is 2080. The second-order valence-corrected chi connectivity index (χ2v) is 11.5. The molecule has 1 aromatic heterocycles. The maximum Gasteiger partial charge on any atom is 0.338 e. The van der Waals surface area contributed by atoms with Crippen LogP contribution in [0.3, 0.4) is 0 Å². The fraction of sp³-hybridized carbons (Fsp3) is 0.278. The molecule has 0 radical (unpaired) electrons. The van der Waals surface area contributed by atoms with Crippen LogP contribution in [0, 0.1) is 11.3 Å². The summed E-state index contributed by atoms with van der Waals surface area (Å²) in [7, 11) is 4.50. The lowest BCUT2D eigenvalue weighted by Gasteiger charge is -2.26. The van der Waals surface area contributed by atoms with Crippen molar-refractivity contribution < 1.29 is 33.2 Å². The van der Waals surface area contributed by atoms with E-state index in [1.807, 2.05) is 25.1 Å². The van der Waals surface area contributed by atoms with Gasteiger partial charge < -0.3 is 28.4 Å². The molecule has 0 spiro atoms. The van der Waals surface area contributed by atoms with Crippen LogP contribution >= 0.6 is 11.3 Å². The first-order valence-electron chi connectivity index (χ1n) is 15.2. The number of allylic oxidation sites excluding steroid dienone is 1. The Morgan fingerprint density at radius 3 is 2.33 bits per heavy atom. The zero-order valence-corrected chi connectivity index (χ0v) is 28.3. The average molecular weight is 670 g/mol. The van der Waals surface area contributed by atoms with Crippen molar-refractivity contribution in [2.45, 2.75) is 33.4 Å². The average Bonchev–Trinajstić information content (AvgIpc) is 3.40. The number of thiazole rings is 1. The number of esters is 1. The van der Waals surface area contributed by atoms with Crippen molar-refractivity contribution in [1.82, 2.24) is 4.57 Å². The number of hydrogen-bond acceptors (Lipinski definition) is 11. The molecule has 0 bridgehead atoms. The highest BCUT2D eigenvalue weighted by Gasteiger charge is 2.34. The molecule has 0 aliphatic carbocycles. The van der Waals surface area contributed by atoms with Gasteiger partial charge in [-0.3, -0.25) is 9.36 Å². The molecule has 12 heteroatoms. The molecule has 1 atom stereocenters. The molecule has 248 valence electrons. The third-order valence-corrected chi connectivity index (χ3v) is 8.59. The standard InChI is InChI=1S/C36H35N3O8S/c1-7-45-27-15-22(13-14-26(27)47-20-24-12-10-9-11-23(24)19-37)16-30-34(40)39-32(25-17-28(42-4)33(44-6)29(18-25)43-5)31(35(41)46-8-2)21(3)38-36(39)48-30/h9-18,32H,7-8,20H2,1-6H3/b30-16+/t32-/m0/s1. The first kappa shape index (κ1) is 33.8. The lowest BCUT2D eigenvalue weighted by atomic mass is 9.95. The molecule has 48 heavy (non-hydrogen) atoms. The van der Waals surface area contributed by atoms with Crippen LogP contribution in [-0.4, -0.2) is 45.1 Å². The van der Waals surface area contributed by atoms with E-state index in [0.717, 1.165) is 5.56 Å². The first-order valence-corrected chi connectivity index (χ1v) is 16.0. The van der Waals surface area contributed by atoms with Gasteiger partial charge in [0.1, 0.15) is 6.61 Å². The van der Waals surface area contributed by atoms with Gasteiger partial charge in [-0.2, -0.15) is 5.26 Å². The Morgan fingerprint density at radius 1 is 0.958 bits per heavy atom. The van der Waals surface area contributed by atoms with Crippen molar-refractivity contribution >= 4 is 23.4 Å². The fourth-order valence-electron chi connectivity index (χ4n) is 5.43. The molecule has 2 heterocycles. The Labute approximate surface area is 281 Å². The molecule has 1 aliphatic heterocycles. The minimum atomic E-state index is -0.887. The molecule has 0 amide bonds. The van der Waals surface area contributed by atoms with Crippen LogP contribution < -0.4 is 38.6 Å². The van der Waals surface area contributed by atoms with Crippen molar-refractivity contribution in [2.24, 2.45) is 4.99 Å². The predicted molar refractivity (Wildman–Crippen MR) is 180 cm³/mol. The maximum atomic E-state index is 14.2. The zero-order valence-electron chi connectivity index (χ0n) is 27.5. The normalized spacial score (nSPS) is 14.0. The minimum Gasteiger partial charge on any atom is -0.493 e. The third kappa shape index (κ3) is 6.63. The topological polar surface area (TPSA) is 131 Å². The molecule has 0 unspecified atom stereocenters. The molecular weight excluding hydrogens is 634 g/mol. The minimum absolute atomic E-state index is 0.148. The highest BCUT2D eigenvalue weighted by molar-refractivity contribution is 7.07. The number of nitriles is 1. The zero-order chi connectivity index (χ0) is 34.4. The van der Waals surface area contributed by atoms with E-state index in [4.69, 9.17) is 28.4 Å². The molecule has 0 saturated heterocycles. The number of aromatic nitrogens is 1. The van der Waals surface area contributed by atoms with E-state index in [0.29, 0.717) is 67.1 Å². The summed E-state index contributed by atoms with van der Waals surface area (Å²) in [6.07, 6.45) is 1.75. The molecule has 0 saturated carbocycles. The summed E-state index contributed by atoms with van der Waals surface area (Å²) in [6, 6.07) is 17.3. The first-order chi connectivity index (χ1) is 23.3. The monoisotopic (exact) mass is 669 g/mol. The summed E-state index contributed by atoms with van der Waals surface area (Å²) in [5.74, 6) is 1.52. The van der Waals surface area contributed by atoms with E-state index in [9.17, 15) is 14.9 Å². The number of benzene rings is 3. The van der Waals surface area contributed by atoms with Crippen molar-refractivity contribution in [1.29, 1.82) is 5.26 Å². The van der Waals surface area contributed by atoms with Crippen LogP contribution in [0.4, 0.5) is 0 Å². The number of nitrogens with zero attached hydrogens (tertiary/aromatic N) is 3. The summed E-state index contributed by atoms with van der Waals surface area (Å²) in [6.45, 7) is 6.03. The van der Waals surface area contributed by atoms with Gasteiger partial charge in [-0.05, 0) is 68.3 Å². The SMILES string of the molecule is CCOC(=O)C1=C(C)N=c2s/c(=C/c3ccc(OCc4ccccc4C#N)c(OCC)c3)c(=O)n2[C@H]1c1cc(OC)c(OC)c(OC)c1. The van der Waals surface area contributed by atoms with Crippen LogP contribution in [0.15, 0.2) is 75.7 Å². The predicted octanol–water partition coefficient (Wildman–Crippen LogP) is 4.67. The van der Waals surface area contributed by atoms with Gasteiger partial charge in [0, 0.05) is 5.56 Å². The summed E-state index contributed by atoms with van der Waals surface area (Å²) in [5.41, 5.74) is 2.84. The van der Waals surface area contributed by atoms with Crippen LogP contribution in [0.1, 0.15) is 49.1 Å². The smallest absolute Gasteiger partial charge is 0.338 e. The van der Waals surface area contributed by atoms with Gasteiger partial charge in [0.25, 0.3) is 5.56 Å². The Morgan fingerprint density at radius 2 is 1.69 bits per heavy atom. The van der Waals surface area contributed by atoms with Gasteiger partial charge in [0.2, 0.25) is 5.75 Å². The highest BCUT2D eigenvalue weighted by Crippen LogP contribution is 2.42. The third-order valence-electron chi connectivity index (χ3n) is 7.61. The van der Waals surface area contributed by atoms with Crippen molar-refractivity contribution in [3.63, 3.8) is 0 Å². The maximum absolute atomic E-state index is 14.2. The van der Waals surface area contributed by atoms with E-state index in [1.54, 1.807) is 56.3 Å². The molecule has 0 N–H and O–H groups in total. The summed E-state index contributed by atoms with van der Waals surface area (Å²) in [4.78, 5) is 32.6. The van der Waals surface area contributed by atoms with Gasteiger partial charge in [-0.25, -0.2) is 9.79 Å². The van der Waals surface area contributed by atoms with Crippen LogP contribution in [0.5, 0.6) is 28.7 Å². The largest absolute Gasteiger partial charge is 0.493 e. The van der Waals surface area contributed by atoms with E-state index in [1.165, 1.54) is 37.2 Å². The molecule has 3 aromatic carbocycles. The van der Waals surface area contributed by atoms with Gasteiger partial charge >= 0.3 is 5.97 Å². The second-order valence-electron chi connectivity index (χ2n) is 10.5. The fourth-order valence-corrected chi connectivity index (χ4v) is 6.48. The van der Waals surface area contributed by atoms with Gasteiger partial charge in [0.15, 0.2) is 27.8 Å². The molecule has 11 nitrogen and oxygen atoms in total. The van der Waals surface area contributed by atoms with Crippen molar-refractivity contribution in [2.75, 3.05) is 34.5 Å². The Balaban J connectivity index is 1.61. The molecule has 5 rings (SSSR count). The molecular formula is C36H35N3O8S. The number of fused-ring (bicyclic) bond motifs is 1. The van der Waals surface area contributed by atoms with Gasteiger partial charge in [-0.15, -0.1) is 0 Å².